The van der Waals surface area contributed by atoms with E-state index in [1.165, 1.54) is 0 Å². The number of hydrogen-bond acceptors (Lipinski definition) is 0. The van der Waals surface area contributed by atoms with E-state index in [-0.39, 0.29) is 0 Å². The molecule has 0 fully saturated rings. The Balaban J connectivity index is 2.67. The molecular formula is C4H4Si4. The first kappa shape index (κ1) is 6.47. The first-order valence-corrected chi connectivity index (χ1v) is 6.93. The van der Waals surface area contributed by atoms with Gasteiger partial charge < -0.3 is 0 Å². The van der Waals surface area contributed by atoms with Crippen molar-refractivity contribution >= 4 is 57.7 Å². The van der Waals surface area contributed by atoms with E-state index in [4.69, 9.17) is 0 Å². The molecule has 0 amide bonds. The van der Waals surface area contributed by atoms with E-state index < -0.39 is 0 Å². The predicted molar refractivity (Wildman–Crippen MR) is 47.3 cm³/mol. The molecule has 0 saturated carbocycles. The molecule has 8 heavy (non-hydrogen) atoms. The molecule has 0 N–H and O–H groups in total. The van der Waals surface area contributed by atoms with Crippen molar-refractivity contribution in [2.45, 2.75) is 0 Å². The molecule has 0 aliphatic carbocycles. The van der Waals surface area contributed by atoms with Gasteiger partial charge in [0, 0.05) is 36.5 Å². The van der Waals surface area contributed by atoms with Gasteiger partial charge in [0.1, 0.15) is 0 Å². The van der Waals surface area contributed by atoms with Crippen LogP contribution in [0.5, 0.6) is 0 Å². The van der Waals surface area contributed by atoms with Gasteiger partial charge in [-0.3, -0.25) is 0 Å². The second kappa shape index (κ2) is 4.25. The molecule has 0 aromatic rings. The van der Waals surface area contributed by atoms with Crippen LogP contribution in [0.2, 0.25) is 0 Å². The van der Waals surface area contributed by atoms with E-state index in [1.54, 1.807) is 0 Å². The minimum absolute atomic E-state index is 1.01. The zero-order valence-electron chi connectivity index (χ0n) is 4.31. The average molecular weight is 164 g/mol. The smallest absolute Gasteiger partial charge is 0.0407 e. The van der Waals surface area contributed by atoms with E-state index in [0.717, 1.165) is 36.5 Å². The highest BCUT2D eigenvalue weighted by Gasteiger charge is 1.69. The second-order valence-electron chi connectivity index (χ2n) is 1.24. The van der Waals surface area contributed by atoms with Crippen LogP contribution in [0.15, 0.2) is 0 Å². The molecule has 4 radical (unpaired) electrons. The lowest BCUT2D eigenvalue weighted by Gasteiger charge is -1.73. The summed E-state index contributed by atoms with van der Waals surface area (Å²) in [5.41, 5.74) is 0. The van der Waals surface area contributed by atoms with Crippen molar-refractivity contribution in [3.8, 4) is 0 Å². The van der Waals surface area contributed by atoms with Gasteiger partial charge in [0.15, 0.2) is 0 Å². The van der Waals surface area contributed by atoms with E-state index in [1.807, 2.05) is 0 Å². The summed E-state index contributed by atoms with van der Waals surface area (Å²) in [5.74, 6) is 0. The first-order valence-electron chi connectivity index (χ1n) is 2.31. The van der Waals surface area contributed by atoms with Crippen LogP contribution in [-0.2, 0) is 0 Å². The van der Waals surface area contributed by atoms with Crippen LogP contribution in [0.1, 0.15) is 0 Å². The monoisotopic (exact) mass is 164 g/mol. The predicted octanol–water partition coefficient (Wildman–Crippen LogP) is -2.14. The van der Waals surface area contributed by atoms with Gasteiger partial charge >= 0.3 is 0 Å². The molecule has 0 saturated heterocycles. The minimum Gasteiger partial charge on any atom is -0.0927 e. The molecule has 0 atom stereocenters. The molecule has 0 spiro atoms. The molecule has 1 heterocycles. The molecule has 4 heteroatoms. The molecule has 0 unspecified atom stereocenters. The van der Waals surface area contributed by atoms with Crippen molar-refractivity contribution in [3.63, 3.8) is 0 Å². The molecule has 1 aliphatic rings. The Morgan fingerprint density at radius 2 is 0.750 bits per heavy atom. The van der Waals surface area contributed by atoms with Gasteiger partial charge in [-0.1, -0.05) is 21.2 Å². The van der Waals surface area contributed by atoms with Crippen molar-refractivity contribution in [1.82, 2.24) is 0 Å². The van der Waals surface area contributed by atoms with Crippen LogP contribution >= 0.6 is 0 Å². The highest BCUT2D eigenvalue weighted by molar-refractivity contribution is 7.13. The van der Waals surface area contributed by atoms with Crippen molar-refractivity contribution in [1.29, 1.82) is 0 Å². The maximum atomic E-state index is 2.38. The highest BCUT2D eigenvalue weighted by atomic mass is 28.3. The fourth-order valence-corrected chi connectivity index (χ4v) is 6.23. The molecule has 0 nitrogen and oxygen atoms in total. The summed E-state index contributed by atoms with van der Waals surface area (Å²) < 4.78 is 0. The Bertz CT molecular complexity index is 109. The molecule has 0 bridgehead atoms. The Labute approximate surface area is 58.1 Å². The van der Waals surface area contributed by atoms with E-state index in [2.05, 4.69) is 21.2 Å². The lowest BCUT2D eigenvalue weighted by atomic mass is 11.8. The van der Waals surface area contributed by atoms with Gasteiger partial charge in [0.25, 0.3) is 0 Å². The fourth-order valence-electron chi connectivity index (χ4n) is 0.359. The van der Waals surface area contributed by atoms with Crippen LogP contribution in [0.4, 0.5) is 0 Å². The summed E-state index contributed by atoms with van der Waals surface area (Å²) >= 11 is 0. The molecule has 0 aromatic carbocycles. The highest BCUT2D eigenvalue weighted by Crippen LogP contribution is 1.38. The normalized spacial score (nSPS) is 16.0. The van der Waals surface area contributed by atoms with Crippen LogP contribution in [0, 0.1) is 0 Å². The Kier molecular flexibility index (Phi) is 3.43. The van der Waals surface area contributed by atoms with Crippen LogP contribution in [0.3, 0.4) is 0 Å². The number of hydrogen-bond donors (Lipinski definition) is 0. The van der Waals surface area contributed by atoms with Gasteiger partial charge in [-0.25, -0.2) is 0 Å². The third-order valence-electron chi connectivity index (χ3n) is 0.667. The summed E-state index contributed by atoms with van der Waals surface area (Å²) in [6.45, 7) is 0. The molecule has 1 rings (SSSR count). The summed E-state index contributed by atoms with van der Waals surface area (Å²) in [4.78, 5) is 0. The quantitative estimate of drug-likeness (QED) is 0.358. The summed E-state index contributed by atoms with van der Waals surface area (Å²) in [6.07, 6.45) is 0. The van der Waals surface area contributed by atoms with E-state index >= 15 is 0 Å². The topological polar surface area (TPSA) is 0 Å². The van der Waals surface area contributed by atoms with Crippen molar-refractivity contribution < 1.29 is 0 Å². The summed E-state index contributed by atoms with van der Waals surface area (Å²) in [6, 6.07) is 0. The SMILES string of the molecule is C1=[Si]C=[Si]C=[Si]C=[Si]1. The maximum absolute atomic E-state index is 2.38. The zero-order valence-corrected chi connectivity index (χ0v) is 8.31. The largest absolute Gasteiger partial charge is 0.0927 e. The Morgan fingerprint density at radius 1 is 0.500 bits per heavy atom. The molecule has 1 aliphatic heterocycles. The van der Waals surface area contributed by atoms with Gasteiger partial charge in [0.2, 0.25) is 0 Å². The summed E-state index contributed by atoms with van der Waals surface area (Å²) in [5, 5.41) is 9.53. The summed E-state index contributed by atoms with van der Waals surface area (Å²) in [7, 11) is 4.03. The minimum atomic E-state index is 1.01. The fraction of sp³-hybridized carbons (Fsp3) is 0. The maximum Gasteiger partial charge on any atom is 0.0407 e. The van der Waals surface area contributed by atoms with Gasteiger partial charge in [-0.2, -0.15) is 0 Å². The number of rotatable bonds is 0. The first-order chi connectivity index (χ1) is 4.00. The van der Waals surface area contributed by atoms with Crippen LogP contribution in [-0.4, -0.2) is 57.7 Å². The van der Waals surface area contributed by atoms with Crippen molar-refractivity contribution in [3.05, 3.63) is 0 Å². The third kappa shape index (κ3) is 2.60. The molecular weight excluding hydrogens is 160 g/mol. The van der Waals surface area contributed by atoms with E-state index in [9.17, 15) is 0 Å². The standard InChI is InChI=1S/C4H4Si4/c1-5-2-7-4-8-3-6-1/h1-4H. The molecule has 0 aromatic heterocycles. The second-order valence-corrected chi connectivity index (χ2v) is 7.20. The van der Waals surface area contributed by atoms with Crippen molar-refractivity contribution in [2.75, 3.05) is 0 Å². The van der Waals surface area contributed by atoms with Crippen molar-refractivity contribution in [2.24, 2.45) is 0 Å². The van der Waals surface area contributed by atoms with Crippen LogP contribution in [0.25, 0.3) is 0 Å². The lowest BCUT2D eigenvalue weighted by molar-refractivity contribution is 3.63. The van der Waals surface area contributed by atoms with Gasteiger partial charge in [-0.15, -0.1) is 0 Å². The van der Waals surface area contributed by atoms with E-state index in [0.29, 0.717) is 0 Å². The average Bonchev–Trinajstić information content (AvgIpc) is 1.62. The zero-order chi connectivity index (χ0) is 5.66. The Hall–Kier alpha value is 0.348. The third-order valence-corrected chi connectivity index (χ3v) is 6.00. The molecule has 36 valence electrons. The Morgan fingerprint density at radius 3 is 1.00 bits per heavy atom. The van der Waals surface area contributed by atoms with Crippen LogP contribution < -0.4 is 0 Å². The van der Waals surface area contributed by atoms with Gasteiger partial charge in [0.05, 0.1) is 0 Å². The lowest BCUT2D eigenvalue weighted by Crippen LogP contribution is -2.04. The van der Waals surface area contributed by atoms with Gasteiger partial charge in [-0.05, 0) is 0 Å².